The molecule has 1 heterocycles. The maximum absolute atomic E-state index is 11.3. The standard InChI is InChI=1S/C11H18N2O2S/c1-8(14)5-6-12-11(15)13-7-10-4-3-9(2)16-10/h3-4,8,14H,5-7H2,1-2H3,(H2,12,13,15). The average molecular weight is 242 g/mol. The van der Waals surface area contributed by atoms with Gasteiger partial charge in [0.2, 0.25) is 0 Å². The van der Waals surface area contributed by atoms with Crippen LogP contribution in [0.1, 0.15) is 23.1 Å². The van der Waals surface area contributed by atoms with Crippen molar-refractivity contribution in [3.8, 4) is 0 Å². The van der Waals surface area contributed by atoms with Gasteiger partial charge >= 0.3 is 6.03 Å². The van der Waals surface area contributed by atoms with Crippen LogP contribution >= 0.6 is 11.3 Å². The molecule has 4 nitrogen and oxygen atoms in total. The highest BCUT2D eigenvalue weighted by molar-refractivity contribution is 7.11. The Balaban J connectivity index is 2.15. The van der Waals surface area contributed by atoms with Crippen LogP contribution in [-0.2, 0) is 6.54 Å². The number of carbonyl (C=O) groups excluding carboxylic acids is 1. The van der Waals surface area contributed by atoms with E-state index in [0.717, 1.165) is 4.88 Å². The maximum Gasteiger partial charge on any atom is 0.315 e. The van der Waals surface area contributed by atoms with E-state index in [1.54, 1.807) is 18.3 Å². The van der Waals surface area contributed by atoms with Gasteiger partial charge in [0, 0.05) is 16.3 Å². The van der Waals surface area contributed by atoms with Crippen molar-refractivity contribution in [2.75, 3.05) is 6.54 Å². The van der Waals surface area contributed by atoms with Crippen LogP contribution in [-0.4, -0.2) is 23.8 Å². The second kappa shape index (κ2) is 6.50. The summed E-state index contributed by atoms with van der Waals surface area (Å²) in [4.78, 5) is 13.7. The molecule has 0 saturated carbocycles. The number of rotatable bonds is 5. The third kappa shape index (κ3) is 5.14. The quantitative estimate of drug-likeness (QED) is 0.735. The molecule has 0 aromatic carbocycles. The molecule has 5 heteroatoms. The van der Waals surface area contributed by atoms with Crippen LogP contribution in [0.15, 0.2) is 12.1 Å². The van der Waals surface area contributed by atoms with E-state index >= 15 is 0 Å². The third-order valence-corrected chi connectivity index (χ3v) is 3.07. The van der Waals surface area contributed by atoms with Crippen molar-refractivity contribution in [3.05, 3.63) is 21.9 Å². The first-order valence-electron chi connectivity index (χ1n) is 5.33. The first kappa shape index (κ1) is 13.0. The Bertz CT molecular complexity index is 336. The van der Waals surface area contributed by atoms with E-state index in [9.17, 15) is 4.79 Å². The van der Waals surface area contributed by atoms with Gasteiger partial charge in [-0.25, -0.2) is 4.79 Å². The molecule has 1 unspecified atom stereocenters. The van der Waals surface area contributed by atoms with Crippen molar-refractivity contribution in [1.29, 1.82) is 0 Å². The first-order chi connectivity index (χ1) is 7.58. The molecule has 0 aliphatic carbocycles. The van der Waals surface area contributed by atoms with Crippen molar-refractivity contribution in [3.63, 3.8) is 0 Å². The van der Waals surface area contributed by atoms with E-state index in [1.807, 2.05) is 19.1 Å². The minimum absolute atomic E-state index is 0.188. The van der Waals surface area contributed by atoms with Gasteiger partial charge in [0.1, 0.15) is 0 Å². The van der Waals surface area contributed by atoms with Crippen molar-refractivity contribution in [2.24, 2.45) is 0 Å². The molecule has 0 bridgehead atoms. The maximum atomic E-state index is 11.3. The summed E-state index contributed by atoms with van der Waals surface area (Å²) < 4.78 is 0. The second-order valence-corrected chi connectivity index (χ2v) is 5.13. The molecule has 1 rings (SSSR count). The molecule has 0 aliphatic heterocycles. The summed E-state index contributed by atoms with van der Waals surface area (Å²) in [6.07, 6.45) is 0.200. The summed E-state index contributed by atoms with van der Waals surface area (Å²) in [7, 11) is 0. The van der Waals surface area contributed by atoms with E-state index in [1.165, 1.54) is 4.88 Å². The Morgan fingerprint density at radius 1 is 1.50 bits per heavy atom. The normalized spacial score (nSPS) is 12.2. The van der Waals surface area contributed by atoms with E-state index in [-0.39, 0.29) is 12.1 Å². The number of hydrogen-bond acceptors (Lipinski definition) is 3. The Kier molecular flexibility index (Phi) is 5.28. The van der Waals surface area contributed by atoms with E-state index in [4.69, 9.17) is 5.11 Å². The fraction of sp³-hybridized carbons (Fsp3) is 0.545. The summed E-state index contributed by atoms with van der Waals surface area (Å²) in [6.45, 7) is 4.79. The molecule has 0 aliphatic rings. The van der Waals surface area contributed by atoms with E-state index in [0.29, 0.717) is 19.5 Å². The predicted octanol–water partition coefficient (Wildman–Crippen LogP) is 1.63. The van der Waals surface area contributed by atoms with Crippen molar-refractivity contribution >= 4 is 17.4 Å². The van der Waals surface area contributed by atoms with Gasteiger partial charge < -0.3 is 15.7 Å². The number of aliphatic hydroxyl groups excluding tert-OH is 1. The number of aryl methyl sites for hydroxylation is 1. The Labute approximate surface area is 99.7 Å². The third-order valence-electron chi connectivity index (χ3n) is 2.07. The van der Waals surface area contributed by atoms with Crippen LogP contribution in [0.4, 0.5) is 4.79 Å². The summed E-state index contributed by atoms with van der Waals surface area (Å²) in [5.41, 5.74) is 0. The van der Waals surface area contributed by atoms with Gasteiger partial charge in [-0.3, -0.25) is 0 Å². The van der Waals surface area contributed by atoms with Crippen molar-refractivity contribution < 1.29 is 9.90 Å². The number of nitrogens with one attached hydrogen (secondary N) is 2. The monoisotopic (exact) mass is 242 g/mol. The molecule has 0 saturated heterocycles. The molecule has 1 atom stereocenters. The number of aliphatic hydroxyl groups is 1. The molecular formula is C11H18N2O2S. The van der Waals surface area contributed by atoms with Crippen molar-refractivity contribution in [2.45, 2.75) is 32.9 Å². The summed E-state index contributed by atoms with van der Waals surface area (Å²) >= 11 is 1.68. The Morgan fingerprint density at radius 2 is 2.25 bits per heavy atom. The van der Waals surface area contributed by atoms with E-state index < -0.39 is 0 Å². The first-order valence-corrected chi connectivity index (χ1v) is 6.14. The number of hydrogen-bond donors (Lipinski definition) is 3. The van der Waals surface area contributed by atoms with Crippen LogP contribution < -0.4 is 10.6 Å². The molecule has 1 aromatic heterocycles. The largest absolute Gasteiger partial charge is 0.393 e. The van der Waals surface area contributed by atoms with Crippen LogP contribution in [0, 0.1) is 6.92 Å². The lowest BCUT2D eigenvalue weighted by Crippen LogP contribution is -2.36. The lowest BCUT2D eigenvalue weighted by Gasteiger charge is -2.07. The topological polar surface area (TPSA) is 61.4 Å². The minimum Gasteiger partial charge on any atom is -0.393 e. The van der Waals surface area contributed by atoms with Gasteiger partial charge in [-0.15, -0.1) is 11.3 Å². The molecule has 1 aromatic rings. The molecule has 3 N–H and O–H groups in total. The lowest BCUT2D eigenvalue weighted by atomic mass is 10.3. The smallest absolute Gasteiger partial charge is 0.315 e. The Hall–Kier alpha value is -1.07. The summed E-state index contributed by atoms with van der Waals surface area (Å²) in [5.74, 6) is 0. The molecule has 0 radical (unpaired) electrons. The van der Waals surface area contributed by atoms with Gasteiger partial charge in [-0.1, -0.05) is 0 Å². The van der Waals surface area contributed by atoms with Gasteiger partial charge in [-0.2, -0.15) is 0 Å². The minimum atomic E-state index is -0.375. The molecule has 0 fully saturated rings. The predicted molar refractivity (Wildman–Crippen MR) is 65.6 cm³/mol. The van der Waals surface area contributed by atoms with Crippen LogP contribution in [0.3, 0.4) is 0 Å². The molecule has 2 amide bonds. The highest BCUT2D eigenvalue weighted by Crippen LogP contribution is 2.14. The zero-order valence-electron chi connectivity index (χ0n) is 9.62. The average Bonchev–Trinajstić information content (AvgIpc) is 2.61. The SMILES string of the molecule is Cc1ccc(CNC(=O)NCCC(C)O)s1. The molecule has 16 heavy (non-hydrogen) atoms. The molecule has 90 valence electrons. The van der Waals surface area contributed by atoms with Gasteiger partial charge in [-0.05, 0) is 32.4 Å². The zero-order chi connectivity index (χ0) is 12.0. The fourth-order valence-electron chi connectivity index (χ4n) is 1.20. The number of thiophene rings is 1. The summed E-state index contributed by atoms with van der Waals surface area (Å²) in [6, 6.07) is 3.86. The van der Waals surface area contributed by atoms with Gasteiger partial charge in [0.25, 0.3) is 0 Å². The van der Waals surface area contributed by atoms with Gasteiger partial charge in [0.15, 0.2) is 0 Å². The lowest BCUT2D eigenvalue weighted by molar-refractivity contribution is 0.183. The highest BCUT2D eigenvalue weighted by atomic mass is 32.1. The number of urea groups is 1. The van der Waals surface area contributed by atoms with Crippen LogP contribution in [0.25, 0.3) is 0 Å². The van der Waals surface area contributed by atoms with E-state index in [2.05, 4.69) is 10.6 Å². The fourth-order valence-corrected chi connectivity index (χ4v) is 2.03. The number of carbonyl (C=O) groups is 1. The van der Waals surface area contributed by atoms with Crippen LogP contribution in [0.2, 0.25) is 0 Å². The molecular weight excluding hydrogens is 224 g/mol. The highest BCUT2D eigenvalue weighted by Gasteiger charge is 2.02. The van der Waals surface area contributed by atoms with Crippen molar-refractivity contribution in [1.82, 2.24) is 10.6 Å². The van der Waals surface area contributed by atoms with Gasteiger partial charge in [0.05, 0.1) is 12.6 Å². The number of amides is 2. The Morgan fingerprint density at radius 3 is 2.81 bits per heavy atom. The molecule has 0 spiro atoms. The second-order valence-electron chi connectivity index (χ2n) is 3.76. The zero-order valence-corrected chi connectivity index (χ0v) is 10.4. The summed E-state index contributed by atoms with van der Waals surface area (Å²) in [5, 5.41) is 14.5. The van der Waals surface area contributed by atoms with Crippen LogP contribution in [0.5, 0.6) is 0 Å².